The Balaban J connectivity index is 1.65. The van der Waals surface area contributed by atoms with Gasteiger partial charge in [0.2, 0.25) is 0 Å². The summed E-state index contributed by atoms with van der Waals surface area (Å²) in [6.07, 6.45) is 2.44. The number of likely N-dealkylation sites (tertiary alicyclic amines) is 1. The van der Waals surface area contributed by atoms with Gasteiger partial charge in [-0.15, -0.1) is 0 Å². The van der Waals surface area contributed by atoms with Crippen molar-refractivity contribution in [3.05, 3.63) is 29.3 Å². The van der Waals surface area contributed by atoms with Gasteiger partial charge in [0.15, 0.2) is 0 Å². The third-order valence-electron chi connectivity index (χ3n) is 3.53. The van der Waals surface area contributed by atoms with Gasteiger partial charge in [-0.2, -0.15) is 0 Å². The summed E-state index contributed by atoms with van der Waals surface area (Å²) in [5.41, 5.74) is 5.68. The topological polar surface area (TPSA) is 38.5 Å². The largest absolute Gasteiger partial charge is 0.492 e. The molecule has 0 radical (unpaired) electrons. The first-order valence-electron chi connectivity index (χ1n) is 6.58. The maximum Gasteiger partial charge on any atom is 0.119 e. The van der Waals surface area contributed by atoms with Gasteiger partial charge in [0.05, 0.1) is 0 Å². The molecular formula is C14H21ClN2O. The first kappa shape index (κ1) is 13.7. The lowest BCUT2D eigenvalue weighted by Gasteiger charge is -2.31. The van der Waals surface area contributed by atoms with Crippen molar-refractivity contribution in [2.45, 2.75) is 12.8 Å². The molecule has 100 valence electrons. The van der Waals surface area contributed by atoms with E-state index in [0.29, 0.717) is 0 Å². The Labute approximate surface area is 114 Å². The molecule has 18 heavy (non-hydrogen) atoms. The number of nitrogens with zero attached hydrogens (tertiary/aromatic N) is 1. The van der Waals surface area contributed by atoms with Gasteiger partial charge >= 0.3 is 0 Å². The van der Waals surface area contributed by atoms with Crippen molar-refractivity contribution in [3.8, 4) is 5.75 Å². The summed E-state index contributed by atoms with van der Waals surface area (Å²) in [6.45, 7) is 4.83. The highest BCUT2D eigenvalue weighted by atomic mass is 35.5. The molecule has 0 aromatic heterocycles. The number of hydrogen-bond acceptors (Lipinski definition) is 3. The molecule has 0 unspecified atom stereocenters. The second-order valence-corrected chi connectivity index (χ2v) is 5.26. The zero-order valence-electron chi connectivity index (χ0n) is 10.6. The minimum Gasteiger partial charge on any atom is -0.492 e. The molecule has 1 fully saturated rings. The SMILES string of the molecule is NCC1CCN(CCOc2ccc(Cl)cc2)CC1. The zero-order chi connectivity index (χ0) is 12.8. The lowest BCUT2D eigenvalue weighted by molar-refractivity contribution is 0.157. The van der Waals surface area contributed by atoms with Crippen LogP contribution in [0, 0.1) is 5.92 Å². The van der Waals surface area contributed by atoms with E-state index in [-0.39, 0.29) is 0 Å². The standard InChI is InChI=1S/C14H21ClN2O/c15-13-1-3-14(4-2-13)18-10-9-17-7-5-12(11-16)6-8-17/h1-4,12H,5-11,16H2. The molecule has 4 heteroatoms. The van der Waals surface area contributed by atoms with E-state index in [1.165, 1.54) is 12.8 Å². The Hall–Kier alpha value is -0.770. The molecule has 0 atom stereocenters. The third-order valence-corrected chi connectivity index (χ3v) is 3.78. The normalized spacial score (nSPS) is 17.9. The second-order valence-electron chi connectivity index (χ2n) is 4.82. The number of halogens is 1. The fourth-order valence-electron chi connectivity index (χ4n) is 2.27. The van der Waals surface area contributed by atoms with Gasteiger partial charge in [0.1, 0.15) is 12.4 Å². The molecule has 1 aromatic carbocycles. The number of hydrogen-bond donors (Lipinski definition) is 1. The van der Waals surface area contributed by atoms with Gasteiger partial charge in [-0.1, -0.05) is 11.6 Å². The van der Waals surface area contributed by atoms with E-state index in [4.69, 9.17) is 22.1 Å². The summed E-state index contributed by atoms with van der Waals surface area (Å²) in [6, 6.07) is 7.51. The van der Waals surface area contributed by atoms with Gasteiger partial charge < -0.3 is 10.5 Å². The Bertz CT molecular complexity index is 347. The van der Waals surface area contributed by atoms with Crippen LogP contribution in [0.15, 0.2) is 24.3 Å². The van der Waals surface area contributed by atoms with Crippen LogP contribution in [-0.2, 0) is 0 Å². The number of benzene rings is 1. The quantitative estimate of drug-likeness (QED) is 0.891. The third kappa shape index (κ3) is 4.16. The predicted molar refractivity (Wildman–Crippen MR) is 75.2 cm³/mol. The molecule has 3 nitrogen and oxygen atoms in total. The van der Waals surface area contributed by atoms with Crippen LogP contribution in [0.25, 0.3) is 0 Å². The average molecular weight is 269 g/mol. The van der Waals surface area contributed by atoms with E-state index in [9.17, 15) is 0 Å². The summed E-state index contributed by atoms with van der Waals surface area (Å²) < 4.78 is 5.69. The minimum absolute atomic E-state index is 0.721. The number of nitrogens with two attached hydrogens (primary N) is 1. The van der Waals surface area contributed by atoms with Gasteiger partial charge in [0.25, 0.3) is 0 Å². The van der Waals surface area contributed by atoms with Crippen molar-refractivity contribution in [1.82, 2.24) is 4.90 Å². The smallest absolute Gasteiger partial charge is 0.119 e. The summed E-state index contributed by atoms with van der Waals surface area (Å²) in [4.78, 5) is 2.45. The maximum absolute atomic E-state index is 5.82. The first-order valence-corrected chi connectivity index (χ1v) is 6.96. The molecule has 1 aliphatic heterocycles. The highest BCUT2D eigenvalue weighted by Crippen LogP contribution is 2.17. The van der Waals surface area contributed by atoms with Crippen LogP contribution in [0.4, 0.5) is 0 Å². The molecule has 1 aromatic rings. The van der Waals surface area contributed by atoms with Crippen molar-refractivity contribution >= 4 is 11.6 Å². The van der Waals surface area contributed by atoms with E-state index in [2.05, 4.69) is 4.90 Å². The summed E-state index contributed by atoms with van der Waals surface area (Å²) in [5, 5.41) is 0.742. The molecule has 0 amide bonds. The van der Waals surface area contributed by atoms with Crippen molar-refractivity contribution in [2.75, 3.05) is 32.8 Å². The molecule has 1 heterocycles. The van der Waals surface area contributed by atoms with E-state index in [0.717, 1.165) is 49.5 Å². The van der Waals surface area contributed by atoms with E-state index in [1.807, 2.05) is 24.3 Å². The Morgan fingerprint density at radius 1 is 1.22 bits per heavy atom. The molecule has 1 saturated heterocycles. The number of piperidine rings is 1. The van der Waals surface area contributed by atoms with Crippen LogP contribution in [0.5, 0.6) is 5.75 Å². The molecule has 2 N–H and O–H groups in total. The minimum atomic E-state index is 0.721. The zero-order valence-corrected chi connectivity index (χ0v) is 11.4. The van der Waals surface area contributed by atoms with Crippen molar-refractivity contribution < 1.29 is 4.74 Å². The van der Waals surface area contributed by atoms with Gasteiger partial charge in [-0.3, -0.25) is 4.90 Å². The fourth-order valence-corrected chi connectivity index (χ4v) is 2.40. The highest BCUT2D eigenvalue weighted by Gasteiger charge is 2.17. The van der Waals surface area contributed by atoms with Crippen LogP contribution in [0.3, 0.4) is 0 Å². The molecule has 0 aliphatic carbocycles. The van der Waals surface area contributed by atoms with E-state index in [1.54, 1.807) is 0 Å². The summed E-state index contributed by atoms with van der Waals surface area (Å²) in [5.74, 6) is 1.61. The van der Waals surface area contributed by atoms with Crippen LogP contribution in [-0.4, -0.2) is 37.7 Å². The first-order chi connectivity index (χ1) is 8.78. The highest BCUT2D eigenvalue weighted by molar-refractivity contribution is 6.30. The molecule has 1 aliphatic rings. The average Bonchev–Trinajstić information content (AvgIpc) is 2.42. The lowest BCUT2D eigenvalue weighted by atomic mass is 9.97. The molecule has 0 bridgehead atoms. The Kier molecular flexibility index (Phi) is 5.29. The van der Waals surface area contributed by atoms with E-state index >= 15 is 0 Å². The van der Waals surface area contributed by atoms with Crippen molar-refractivity contribution in [1.29, 1.82) is 0 Å². The Morgan fingerprint density at radius 2 is 1.89 bits per heavy atom. The number of rotatable bonds is 5. The lowest BCUT2D eigenvalue weighted by Crippen LogP contribution is -2.38. The summed E-state index contributed by atoms with van der Waals surface area (Å²) >= 11 is 5.82. The van der Waals surface area contributed by atoms with Crippen LogP contribution >= 0.6 is 11.6 Å². The molecule has 0 saturated carbocycles. The van der Waals surface area contributed by atoms with Crippen LogP contribution in [0.2, 0.25) is 5.02 Å². The fraction of sp³-hybridized carbons (Fsp3) is 0.571. The van der Waals surface area contributed by atoms with Crippen LogP contribution < -0.4 is 10.5 Å². The predicted octanol–water partition coefficient (Wildman–Crippen LogP) is 2.39. The molecule has 0 spiro atoms. The van der Waals surface area contributed by atoms with Crippen molar-refractivity contribution in [3.63, 3.8) is 0 Å². The monoisotopic (exact) mass is 268 g/mol. The van der Waals surface area contributed by atoms with Gasteiger partial charge in [-0.05, 0) is 62.7 Å². The van der Waals surface area contributed by atoms with E-state index < -0.39 is 0 Å². The second kappa shape index (κ2) is 6.98. The van der Waals surface area contributed by atoms with Gasteiger partial charge in [-0.25, -0.2) is 0 Å². The Morgan fingerprint density at radius 3 is 2.50 bits per heavy atom. The van der Waals surface area contributed by atoms with Crippen molar-refractivity contribution in [2.24, 2.45) is 11.7 Å². The maximum atomic E-state index is 5.82. The van der Waals surface area contributed by atoms with Crippen LogP contribution in [0.1, 0.15) is 12.8 Å². The summed E-state index contributed by atoms with van der Waals surface area (Å²) in [7, 11) is 0. The number of ether oxygens (including phenoxy) is 1. The van der Waals surface area contributed by atoms with Gasteiger partial charge in [0, 0.05) is 11.6 Å². The molecular weight excluding hydrogens is 248 g/mol. The molecule has 2 rings (SSSR count).